The van der Waals surface area contributed by atoms with Crippen molar-refractivity contribution in [2.24, 2.45) is 0 Å². The van der Waals surface area contributed by atoms with E-state index in [1.165, 1.54) is 30.3 Å². The van der Waals surface area contributed by atoms with Crippen molar-refractivity contribution in [1.29, 1.82) is 0 Å². The molecule has 6 nitrogen and oxygen atoms in total. The van der Waals surface area contributed by atoms with Crippen molar-refractivity contribution in [3.8, 4) is 5.75 Å². The fraction of sp³-hybridized carbons (Fsp3) is 0.176. The van der Waals surface area contributed by atoms with E-state index in [-0.39, 0.29) is 22.8 Å². The van der Waals surface area contributed by atoms with Crippen molar-refractivity contribution < 1.29 is 19.2 Å². The summed E-state index contributed by atoms with van der Waals surface area (Å²) in [6.07, 6.45) is 0.395. The van der Waals surface area contributed by atoms with Crippen LogP contribution in [0.15, 0.2) is 42.5 Å². The highest BCUT2D eigenvalue weighted by atomic mass is 16.6. The van der Waals surface area contributed by atoms with Gasteiger partial charge in [0.05, 0.1) is 10.5 Å². The lowest BCUT2D eigenvalue weighted by Crippen LogP contribution is -2.09. The maximum atomic E-state index is 12.1. The monoisotopic (exact) mass is 313 g/mol. The number of rotatable bonds is 5. The molecule has 0 bridgehead atoms. The standard InChI is InChI=1S/C17H15NO5/c1-3-16(19)12-4-6-15(7-5-12)23-17(20)13-8-11(2)9-14(10-13)18(21)22/h4-10H,3H2,1-2H3. The lowest BCUT2D eigenvalue weighted by molar-refractivity contribution is -0.384. The molecule has 0 aromatic heterocycles. The van der Waals surface area contributed by atoms with Crippen LogP contribution in [0.2, 0.25) is 0 Å². The van der Waals surface area contributed by atoms with Crippen LogP contribution in [-0.4, -0.2) is 16.7 Å². The van der Waals surface area contributed by atoms with Crippen LogP contribution < -0.4 is 4.74 Å². The van der Waals surface area contributed by atoms with Crippen molar-refractivity contribution in [2.45, 2.75) is 20.3 Å². The highest BCUT2D eigenvalue weighted by Gasteiger charge is 2.15. The van der Waals surface area contributed by atoms with Gasteiger partial charge in [-0.3, -0.25) is 14.9 Å². The van der Waals surface area contributed by atoms with Gasteiger partial charge in [0, 0.05) is 24.1 Å². The fourth-order valence-electron chi connectivity index (χ4n) is 2.07. The van der Waals surface area contributed by atoms with Gasteiger partial charge in [0.15, 0.2) is 5.78 Å². The summed E-state index contributed by atoms with van der Waals surface area (Å²) >= 11 is 0. The number of carbonyl (C=O) groups is 2. The number of non-ortho nitro benzene ring substituents is 1. The van der Waals surface area contributed by atoms with E-state index in [2.05, 4.69) is 0 Å². The molecule has 23 heavy (non-hydrogen) atoms. The van der Waals surface area contributed by atoms with E-state index in [9.17, 15) is 19.7 Å². The lowest BCUT2D eigenvalue weighted by atomic mass is 10.1. The number of nitro groups is 1. The second-order valence-corrected chi connectivity index (χ2v) is 5.00. The molecule has 0 radical (unpaired) electrons. The third-order valence-corrected chi connectivity index (χ3v) is 3.22. The molecule has 0 aliphatic carbocycles. The Morgan fingerprint density at radius 1 is 1.09 bits per heavy atom. The molecule has 0 amide bonds. The topological polar surface area (TPSA) is 86.5 Å². The Bertz CT molecular complexity index is 765. The zero-order valence-corrected chi connectivity index (χ0v) is 12.7. The van der Waals surface area contributed by atoms with E-state index in [1.807, 2.05) is 0 Å². The summed E-state index contributed by atoms with van der Waals surface area (Å²) in [5.74, 6) is -0.421. The van der Waals surface area contributed by atoms with Crippen LogP contribution in [0.1, 0.15) is 39.6 Å². The van der Waals surface area contributed by atoms with Crippen LogP contribution in [0.5, 0.6) is 5.75 Å². The third-order valence-electron chi connectivity index (χ3n) is 3.22. The van der Waals surface area contributed by atoms with Crippen molar-refractivity contribution >= 4 is 17.4 Å². The first kappa shape index (κ1) is 16.4. The zero-order valence-electron chi connectivity index (χ0n) is 12.7. The highest BCUT2D eigenvalue weighted by Crippen LogP contribution is 2.19. The maximum absolute atomic E-state index is 12.1. The van der Waals surface area contributed by atoms with Gasteiger partial charge in [-0.15, -0.1) is 0 Å². The predicted octanol–water partition coefficient (Wildman–Crippen LogP) is 3.72. The number of carbonyl (C=O) groups excluding carboxylic acids is 2. The first-order valence-electron chi connectivity index (χ1n) is 7.02. The van der Waals surface area contributed by atoms with Gasteiger partial charge < -0.3 is 4.74 Å². The van der Waals surface area contributed by atoms with Crippen molar-refractivity contribution in [1.82, 2.24) is 0 Å². The highest BCUT2D eigenvalue weighted by molar-refractivity contribution is 5.96. The van der Waals surface area contributed by atoms with Gasteiger partial charge in [0.25, 0.3) is 5.69 Å². The number of ether oxygens (including phenoxy) is 1. The SMILES string of the molecule is CCC(=O)c1ccc(OC(=O)c2cc(C)cc([N+](=O)[O-])c2)cc1. The van der Waals surface area contributed by atoms with Gasteiger partial charge in [-0.05, 0) is 42.8 Å². The van der Waals surface area contributed by atoms with E-state index >= 15 is 0 Å². The molecular formula is C17H15NO5. The quantitative estimate of drug-likeness (QED) is 0.276. The molecule has 0 unspecified atom stereocenters. The average molecular weight is 313 g/mol. The van der Waals surface area contributed by atoms with Gasteiger partial charge >= 0.3 is 5.97 Å². The van der Waals surface area contributed by atoms with E-state index in [1.54, 1.807) is 26.0 Å². The molecular weight excluding hydrogens is 298 g/mol. The number of nitrogens with zero attached hydrogens (tertiary/aromatic N) is 1. The smallest absolute Gasteiger partial charge is 0.343 e. The fourth-order valence-corrected chi connectivity index (χ4v) is 2.07. The molecule has 6 heteroatoms. The largest absolute Gasteiger partial charge is 0.423 e. The number of ketones is 1. The van der Waals surface area contributed by atoms with Crippen LogP contribution in [-0.2, 0) is 0 Å². The van der Waals surface area contributed by atoms with Gasteiger partial charge in [-0.1, -0.05) is 6.92 Å². The summed E-state index contributed by atoms with van der Waals surface area (Å²) in [4.78, 5) is 33.9. The number of nitro benzene ring substituents is 1. The lowest BCUT2D eigenvalue weighted by Gasteiger charge is -2.06. The Morgan fingerprint density at radius 2 is 1.74 bits per heavy atom. The van der Waals surface area contributed by atoms with Gasteiger partial charge in [-0.25, -0.2) is 4.79 Å². The number of esters is 1. The van der Waals surface area contributed by atoms with E-state index in [4.69, 9.17) is 4.74 Å². The molecule has 0 atom stereocenters. The summed E-state index contributed by atoms with van der Waals surface area (Å²) in [6.45, 7) is 3.43. The zero-order chi connectivity index (χ0) is 17.0. The third kappa shape index (κ3) is 4.00. The van der Waals surface area contributed by atoms with Crippen LogP contribution in [0, 0.1) is 17.0 Å². The molecule has 0 saturated carbocycles. The second-order valence-electron chi connectivity index (χ2n) is 5.00. The first-order valence-corrected chi connectivity index (χ1v) is 7.02. The number of hydrogen-bond acceptors (Lipinski definition) is 5. The van der Waals surface area contributed by atoms with Crippen LogP contribution in [0.4, 0.5) is 5.69 Å². The molecule has 0 N–H and O–H groups in total. The maximum Gasteiger partial charge on any atom is 0.343 e. The van der Waals surface area contributed by atoms with E-state index in [0.717, 1.165) is 0 Å². The predicted molar refractivity (Wildman–Crippen MR) is 83.9 cm³/mol. The summed E-state index contributed by atoms with van der Waals surface area (Å²) in [5, 5.41) is 10.8. The van der Waals surface area contributed by atoms with Crippen LogP contribution >= 0.6 is 0 Å². The summed E-state index contributed by atoms with van der Waals surface area (Å²) in [6, 6.07) is 10.3. The molecule has 2 aromatic carbocycles. The average Bonchev–Trinajstić information content (AvgIpc) is 2.54. The van der Waals surface area contributed by atoms with E-state index < -0.39 is 10.9 Å². The Balaban J connectivity index is 2.19. The minimum Gasteiger partial charge on any atom is -0.423 e. The second kappa shape index (κ2) is 6.83. The minimum absolute atomic E-state index is 0.00261. The Morgan fingerprint density at radius 3 is 2.30 bits per heavy atom. The molecule has 0 fully saturated rings. The van der Waals surface area contributed by atoms with Gasteiger partial charge in [0.2, 0.25) is 0 Å². The van der Waals surface area contributed by atoms with Gasteiger partial charge in [0.1, 0.15) is 5.75 Å². The molecule has 0 saturated heterocycles. The summed E-state index contributed by atoms with van der Waals surface area (Å²) < 4.78 is 5.19. The normalized spacial score (nSPS) is 10.2. The summed E-state index contributed by atoms with van der Waals surface area (Å²) in [7, 11) is 0. The number of Topliss-reactive ketones (excluding diaryl/α,β-unsaturated/α-hetero) is 1. The number of benzene rings is 2. The number of hydrogen-bond donors (Lipinski definition) is 0. The molecule has 2 aromatic rings. The van der Waals surface area contributed by atoms with Crippen LogP contribution in [0.25, 0.3) is 0 Å². The first-order chi connectivity index (χ1) is 10.9. The molecule has 2 rings (SSSR count). The van der Waals surface area contributed by atoms with Crippen molar-refractivity contribution in [2.75, 3.05) is 0 Å². The molecule has 0 aliphatic heterocycles. The Labute approximate surface area is 132 Å². The van der Waals surface area contributed by atoms with Crippen molar-refractivity contribution in [3.05, 3.63) is 69.3 Å². The van der Waals surface area contributed by atoms with Crippen LogP contribution in [0.3, 0.4) is 0 Å². The van der Waals surface area contributed by atoms with Gasteiger partial charge in [-0.2, -0.15) is 0 Å². The Kier molecular flexibility index (Phi) is 4.85. The number of aryl methyl sites for hydroxylation is 1. The molecule has 0 spiro atoms. The molecule has 0 aliphatic rings. The minimum atomic E-state index is -0.689. The molecule has 0 heterocycles. The van der Waals surface area contributed by atoms with E-state index in [0.29, 0.717) is 17.5 Å². The Hall–Kier alpha value is -3.02. The van der Waals surface area contributed by atoms with Crippen molar-refractivity contribution in [3.63, 3.8) is 0 Å². The summed E-state index contributed by atoms with van der Waals surface area (Å²) in [5.41, 5.74) is 1.07. The molecule has 118 valence electrons.